The van der Waals surface area contributed by atoms with Crippen LogP contribution in [-0.4, -0.2) is 22.6 Å². The van der Waals surface area contributed by atoms with E-state index in [-0.39, 0.29) is 23.4 Å². The van der Waals surface area contributed by atoms with Gasteiger partial charge in [-0.15, -0.1) is 0 Å². The molecule has 0 saturated carbocycles. The van der Waals surface area contributed by atoms with E-state index in [1.54, 1.807) is 12.1 Å². The number of carbonyl (C=O) groups is 1. The van der Waals surface area contributed by atoms with E-state index in [4.69, 9.17) is 9.78 Å². The van der Waals surface area contributed by atoms with Crippen molar-refractivity contribution >= 4 is 16.8 Å². The Labute approximate surface area is 170 Å². The topological polar surface area (TPSA) is 94.7 Å². The first-order valence-corrected chi connectivity index (χ1v) is 9.21. The van der Waals surface area contributed by atoms with Crippen LogP contribution in [0.3, 0.4) is 0 Å². The minimum absolute atomic E-state index is 0.0135. The van der Waals surface area contributed by atoms with Gasteiger partial charge in [0.15, 0.2) is 5.69 Å². The monoisotopic (exact) mass is 406 g/mol. The van der Waals surface area contributed by atoms with Crippen molar-refractivity contribution in [2.24, 2.45) is 0 Å². The predicted octanol–water partition coefficient (Wildman–Crippen LogP) is 3.87. The molecular formula is C22H16F2N4O2. The van der Waals surface area contributed by atoms with Gasteiger partial charge in [0.2, 0.25) is 0 Å². The molecule has 0 saturated heterocycles. The number of fused-ring (bicyclic) bond motifs is 1. The van der Waals surface area contributed by atoms with E-state index < -0.39 is 17.5 Å². The number of carbonyl (C=O) groups excluding carboxylic acids is 1. The van der Waals surface area contributed by atoms with Crippen molar-refractivity contribution < 1.29 is 18.1 Å². The van der Waals surface area contributed by atoms with Crippen LogP contribution in [0.4, 0.5) is 8.78 Å². The zero-order chi connectivity index (χ0) is 21.1. The quantitative estimate of drug-likeness (QED) is 0.508. The van der Waals surface area contributed by atoms with Gasteiger partial charge < -0.3 is 14.8 Å². The standard InChI is InChI=1S/C22H16F2N4O2/c23-16-2-3-19(24)15(8-16)9-17-10-21(28-30-17)22(29)26-6-5-14-12-27-20-4-1-13(11-25)7-18(14)20/h1-4,7-8,10,12,27H,5-6,9H2,(H,26,29). The minimum Gasteiger partial charge on any atom is -0.361 e. The highest BCUT2D eigenvalue weighted by Gasteiger charge is 2.15. The lowest BCUT2D eigenvalue weighted by Crippen LogP contribution is -2.25. The van der Waals surface area contributed by atoms with Gasteiger partial charge in [-0.3, -0.25) is 4.79 Å². The number of benzene rings is 2. The van der Waals surface area contributed by atoms with Crippen molar-refractivity contribution in [2.75, 3.05) is 6.54 Å². The third-order valence-electron chi connectivity index (χ3n) is 4.74. The van der Waals surface area contributed by atoms with Crippen molar-refractivity contribution in [3.63, 3.8) is 0 Å². The van der Waals surface area contributed by atoms with Gasteiger partial charge in [-0.05, 0) is 53.9 Å². The molecular weight excluding hydrogens is 390 g/mol. The maximum absolute atomic E-state index is 13.8. The lowest BCUT2D eigenvalue weighted by molar-refractivity contribution is 0.0945. The van der Waals surface area contributed by atoms with E-state index in [2.05, 4.69) is 21.5 Å². The number of aromatic amines is 1. The molecule has 2 heterocycles. The molecule has 0 unspecified atom stereocenters. The number of halogens is 2. The fraction of sp³-hybridized carbons (Fsp3) is 0.136. The second-order valence-electron chi connectivity index (χ2n) is 6.78. The predicted molar refractivity (Wildman–Crippen MR) is 105 cm³/mol. The summed E-state index contributed by atoms with van der Waals surface area (Å²) in [5.74, 6) is -1.28. The number of nitrogens with zero attached hydrogens (tertiary/aromatic N) is 2. The van der Waals surface area contributed by atoms with E-state index in [9.17, 15) is 13.6 Å². The zero-order valence-electron chi connectivity index (χ0n) is 15.7. The zero-order valence-corrected chi connectivity index (χ0v) is 15.7. The van der Waals surface area contributed by atoms with E-state index in [0.29, 0.717) is 18.5 Å². The third kappa shape index (κ3) is 4.05. The maximum Gasteiger partial charge on any atom is 0.273 e. The van der Waals surface area contributed by atoms with Gasteiger partial charge >= 0.3 is 0 Å². The minimum atomic E-state index is -0.558. The van der Waals surface area contributed by atoms with Gasteiger partial charge in [-0.25, -0.2) is 8.78 Å². The molecule has 2 aromatic carbocycles. The molecule has 4 aromatic rings. The fourth-order valence-electron chi connectivity index (χ4n) is 3.23. The highest BCUT2D eigenvalue weighted by molar-refractivity contribution is 5.92. The Balaban J connectivity index is 1.37. The normalized spacial score (nSPS) is 10.8. The highest BCUT2D eigenvalue weighted by atomic mass is 19.1. The van der Waals surface area contributed by atoms with Crippen LogP contribution < -0.4 is 5.32 Å². The van der Waals surface area contributed by atoms with Crippen LogP contribution in [0.25, 0.3) is 10.9 Å². The molecule has 150 valence electrons. The summed E-state index contributed by atoms with van der Waals surface area (Å²) in [4.78, 5) is 15.4. The summed E-state index contributed by atoms with van der Waals surface area (Å²) >= 11 is 0. The van der Waals surface area contributed by atoms with Gasteiger partial charge in [0, 0.05) is 36.1 Å². The van der Waals surface area contributed by atoms with Crippen LogP contribution in [0.1, 0.15) is 32.9 Å². The molecule has 0 radical (unpaired) electrons. The molecule has 30 heavy (non-hydrogen) atoms. The Morgan fingerprint density at radius 3 is 2.87 bits per heavy atom. The first-order valence-electron chi connectivity index (χ1n) is 9.21. The van der Waals surface area contributed by atoms with E-state index in [1.807, 2.05) is 12.3 Å². The molecule has 1 amide bonds. The number of nitrogens with one attached hydrogen (secondary N) is 2. The van der Waals surface area contributed by atoms with Crippen molar-refractivity contribution in [3.8, 4) is 6.07 Å². The van der Waals surface area contributed by atoms with E-state index in [0.717, 1.165) is 34.7 Å². The summed E-state index contributed by atoms with van der Waals surface area (Å²) in [5.41, 5.74) is 2.64. The second kappa shape index (κ2) is 8.17. The van der Waals surface area contributed by atoms with Crippen molar-refractivity contribution in [3.05, 3.63) is 88.4 Å². The Hall–Kier alpha value is -3.99. The smallest absolute Gasteiger partial charge is 0.273 e. The highest BCUT2D eigenvalue weighted by Crippen LogP contribution is 2.20. The third-order valence-corrected chi connectivity index (χ3v) is 4.74. The Morgan fingerprint density at radius 1 is 1.17 bits per heavy atom. The molecule has 0 aliphatic heterocycles. The molecule has 8 heteroatoms. The number of hydrogen-bond donors (Lipinski definition) is 2. The maximum atomic E-state index is 13.8. The summed E-state index contributed by atoms with van der Waals surface area (Å²) in [6.07, 6.45) is 2.39. The van der Waals surface area contributed by atoms with Crippen LogP contribution in [0.2, 0.25) is 0 Å². The van der Waals surface area contributed by atoms with Gasteiger partial charge in [0.05, 0.1) is 11.6 Å². The number of H-pyrrole nitrogens is 1. The number of hydrogen-bond acceptors (Lipinski definition) is 4. The van der Waals surface area contributed by atoms with Crippen LogP contribution in [-0.2, 0) is 12.8 Å². The van der Waals surface area contributed by atoms with Gasteiger partial charge in [-0.1, -0.05) is 5.16 Å². The first-order chi connectivity index (χ1) is 14.5. The van der Waals surface area contributed by atoms with Crippen molar-refractivity contribution in [2.45, 2.75) is 12.8 Å². The average Bonchev–Trinajstić information content (AvgIpc) is 3.37. The van der Waals surface area contributed by atoms with Crippen LogP contribution >= 0.6 is 0 Å². The average molecular weight is 406 g/mol. The number of amides is 1. The van der Waals surface area contributed by atoms with Crippen molar-refractivity contribution in [1.82, 2.24) is 15.5 Å². The van der Waals surface area contributed by atoms with Gasteiger partial charge in [0.25, 0.3) is 5.91 Å². The molecule has 2 aromatic heterocycles. The molecule has 0 spiro atoms. The summed E-state index contributed by atoms with van der Waals surface area (Å²) in [6.45, 7) is 0.350. The first kappa shape index (κ1) is 19.3. The van der Waals surface area contributed by atoms with E-state index >= 15 is 0 Å². The number of nitriles is 1. The number of aromatic nitrogens is 2. The second-order valence-corrected chi connectivity index (χ2v) is 6.78. The van der Waals surface area contributed by atoms with Crippen LogP contribution in [0.5, 0.6) is 0 Å². The lowest BCUT2D eigenvalue weighted by atomic mass is 10.1. The number of rotatable bonds is 6. The lowest BCUT2D eigenvalue weighted by Gasteiger charge is -2.02. The summed E-state index contributed by atoms with van der Waals surface area (Å²) < 4.78 is 32.1. The Kier molecular flexibility index (Phi) is 5.26. The largest absolute Gasteiger partial charge is 0.361 e. The van der Waals surface area contributed by atoms with Crippen molar-refractivity contribution in [1.29, 1.82) is 5.26 Å². The molecule has 0 aliphatic carbocycles. The van der Waals surface area contributed by atoms with E-state index in [1.165, 1.54) is 6.07 Å². The van der Waals surface area contributed by atoms with Gasteiger partial charge in [0.1, 0.15) is 17.4 Å². The molecule has 0 bridgehead atoms. The Bertz CT molecular complexity index is 1270. The van der Waals surface area contributed by atoms with Crippen LogP contribution in [0, 0.1) is 23.0 Å². The fourth-order valence-corrected chi connectivity index (χ4v) is 3.23. The summed E-state index contributed by atoms with van der Waals surface area (Å²) in [7, 11) is 0. The molecule has 6 nitrogen and oxygen atoms in total. The summed E-state index contributed by atoms with van der Waals surface area (Å²) in [5, 5.41) is 16.4. The molecule has 0 fully saturated rings. The molecule has 2 N–H and O–H groups in total. The van der Waals surface area contributed by atoms with Crippen LogP contribution in [0.15, 0.2) is 53.2 Å². The molecule has 4 rings (SSSR count). The van der Waals surface area contributed by atoms with Gasteiger partial charge in [-0.2, -0.15) is 5.26 Å². The summed E-state index contributed by atoms with van der Waals surface area (Å²) in [6, 6.07) is 12.1. The molecule has 0 aliphatic rings. The Morgan fingerprint density at radius 2 is 2.03 bits per heavy atom. The SMILES string of the molecule is N#Cc1ccc2[nH]cc(CCNC(=O)c3cc(Cc4cc(F)ccc4F)on3)c2c1. The molecule has 0 atom stereocenters.